The molecule has 1 aromatic heterocycles. The Morgan fingerprint density at radius 1 is 1.38 bits per heavy atom. The van der Waals surface area contributed by atoms with Gasteiger partial charge in [-0.05, 0) is 23.6 Å². The molecule has 0 aliphatic heterocycles. The van der Waals surface area contributed by atoms with E-state index in [4.69, 9.17) is 5.26 Å². The van der Waals surface area contributed by atoms with Gasteiger partial charge in [0, 0.05) is 31.7 Å². The molecule has 1 heterocycles. The Bertz CT molecular complexity index is 715. The molecule has 0 aliphatic carbocycles. The van der Waals surface area contributed by atoms with E-state index in [9.17, 15) is 4.79 Å². The van der Waals surface area contributed by atoms with E-state index in [1.165, 1.54) is 17.3 Å². The molecule has 1 amide bonds. The molecule has 0 spiro atoms. The van der Waals surface area contributed by atoms with Crippen molar-refractivity contribution in [2.45, 2.75) is 31.3 Å². The number of rotatable bonds is 7. The summed E-state index contributed by atoms with van der Waals surface area (Å²) in [6.45, 7) is 4.80. The second-order valence-corrected chi connectivity index (χ2v) is 6.78. The van der Waals surface area contributed by atoms with E-state index >= 15 is 0 Å². The van der Waals surface area contributed by atoms with Crippen LogP contribution >= 0.6 is 11.8 Å². The maximum absolute atomic E-state index is 12.1. The minimum absolute atomic E-state index is 0.0000410. The molecule has 0 fully saturated rings. The molecule has 24 heavy (non-hydrogen) atoms. The third-order valence-corrected chi connectivity index (χ3v) is 4.71. The Morgan fingerprint density at radius 2 is 2.08 bits per heavy atom. The van der Waals surface area contributed by atoms with Crippen molar-refractivity contribution in [3.8, 4) is 11.8 Å². The van der Waals surface area contributed by atoms with Crippen molar-refractivity contribution in [2.75, 3.05) is 19.3 Å². The molecule has 0 saturated carbocycles. The van der Waals surface area contributed by atoms with Gasteiger partial charge in [-0.15, -0.1) is 0 Å². The van der Waals surface area contributed by atoms with Crippen LogP contribution in [0.5, 0.6) is 0 Å². The summed E-state index contributed by atoms with van der Waals surface area (Å²) in [5.41, 5.74) is 2.33. The highest BCUT2D eigenvalue weighted by molar-refractivity contribution is 7.99. The van der Waals surface area contributed by atoms with Crippen LogP contribution in [-0.2, 0) is 4.79 Å². The number of benzene rings is 1. The van der Waals surface area contributed by atoms with Crippen molar-refractivity contribution in [3.05, 3.63) is 42.2 Å². The highest BCUT2D eigenvalue weighted by atomic mass is 32.2. The van der Waals surface area contributed by atoms with Crippen molar-refractivity contribution < 1.29 is 4.79 Å². The van der Waals surface area contributed by atoms with Crippen molar-refractivity contribution in [1.29, 1.82) is 5.26 Å². The lowest BCUT2D eigenvalue weighted by Crippen LogP contribution is -2.29. The lowest BCUT2D eigenvalue weighted by atomic mass is 10.0. The second kappa shape index (κ2) is 8.55. The summed E-state index contributed by atoms with van der Waals surface area (Å²) >= 11 is 1.41. The minimum atomic E-state index is -0.0000410. The normalized spacial score (nSPS) is 10.6. The zero-order valence-electron chi connectivity index (χ0n) is 14.3. The number of aromatic nitrogens is 2. The minimum Gasteiger partial charge on any atom is -0.344 e. The van der Waals surface area contributed by atoms with Crippen LogP contribution in [0.1, 0.15) is 31.7 Å². The average molecular weight is 342 g/mol. The van der Waals surface area contributed by atoms with E-state index in [2.05, 4.69) is 43.1 Å². The van der Waals surface area contributed by atoms with Gasteiger partial charge in [-0.2, -0.15) is 5.26 Å². The van der Waals surface area contributed by atoms with Gasteiger partial charge in [0.1, 0.15) is 0 Å². The summed E-state index contributed by atoms with van der Waals surface area (Å²) < 4.78 is 1.98. The van der Waals surface area contributed by atoms with Gasteiger partial charge < -0.3 is 4.90 Å². The molecular weight excluding hydrogens is 320 g/mol. The first-order valence-electron chi connectivity index (χ1n) is 7.90. The quantitative estimate of drug-likeness (QED) is 0.723. The molecule has 2 aromatic rings. The molecule has 126 valence electrons. The van der Waals surface area contributed by atoms with E-state index in [1.54, 1.807) is 18.1 Å². The van der Waals surface area contributed by atoms with Crippen LogP contribution in [-0.4, -0.2) is 39.7 Å². The predicted molar refractivity (Wildman–Crippen MR) is 96.2 cm³/mol. The summed E-state index contributed by atoms with van der Waals surface area (Å²) in [5, 5.41) is 9.37. The molecule has 0 atom stereocenters. The van der Waals surface area contributed by atoms with Gasteiger partial charge in [0.05, 0.1) is 18.2 Å². The van der Waals surface area contributed by atoms with Gasteiger partial charge in [0.25, 0.3) is 0 Å². The number of hydrogen-bond donors (Lipinski definition) is 0. The molecule has 6 heteroatoms. The van der Waals surface area contributed by atoms with Crippen molar-refractivity contribution in [3.63, 3.8) is 0 Å². The summed E-state index contributed by atoms with van der Waals surface area (Å²) in [6, 6.07) is 10.4. The molecule has 0 N–H and O–H groups in total. The second-order valence-electron chi connectivity index (χ2n) is 5.84. The fraction of sp³-hybridized carbons (Fsp3) is 0.389. The van der Waals surface area contributed by atoms with Crippen LogP contribution in [0.3, 0.4) is 0 Å². The lowest BCUT2D eigenvalue weighted by Gasteiger charge is -2.15. The predicted octanol–water partition coefficient (Wildman–Crippen LogP) is 3.46. The van der Waals surface area contributed by atoms with Crippen LogP contribution in [0.2, 0.25) is 0 Å². The SMILES string of the molecule is CC(C)c1ccc(-n2ccnc2SCC(=O)N(C)CCC#N)cc1. The zero-order chi connectivity index (χ0) is 17.5. The fourth-order valence-corrected chi connectivity index (χ4v) is 3.11. The molecular formula is C18H22N4OS. The van der Waals surface area contributed by atoms with E-state index < -0.39 is 0 Å². The molecule has 0 aliphatic rings. The van der Waals surface area contributed by atoms with Crippen LogP contribution in [0, 0.1) is 11.3 Å². The lowest BCUT2D eigenvalue weighted by molar-refractivity contribution is -0.127. The first-order valence-corrected chi connectivity index (χ1v) is 8.89. The summed E-state index contributed by atoms with van der Waals surface area (Å²) in [7, 11) is 1.72. The van der Waals surface area contributed by atoms with Gasteiger partial charge in [-0.25, -0.2) is 4.98 Å². The number of nitrogens with zero attached hydrogens (tertiary/aromatic N) is 4. The molecule has 2 rings (SSSR count). The Balaban J connectivity index is 2.02. The first-order chi connectivity index (χ1) is 11.5. The largest absolute Gasteiger partial charge is 0.344 e. The highest BCUT2D eigenvalue weighted by Gasteiger charge is 2.12. The Labute approximate surface area is 147 Å². The smallest absolute Gasteiger partial charge is 0.232 e. The maximum atomic E-state index is 12.1. The summed E-state index contributed by atoms with van der Waals surface area (Å²) in [5.74, 6) is 0.806. The number of nitriles is 1. The van der Waals surface area contributed by atoms with Crippen molar-refractivity contribution in [2.24, 2.45) is 0 Å². The zero-order valence-corrected chi connectivity index (χ0v) is 15.1. The van der Waals surface area contributed by atoms with Gasteiger partial charge in [0.2, 0.25) is 5.91 Å². The molecule has 0 unspecified atom stereocenters. The van der Waals surface area contributed by atoms with Crippen LogP contribution in [0.25, 0.3) is 5.69 Å². The number of carbonyl (C=O) groups excluding carboxylic acids is 1. The maximum Gasteiger partial charge on any atom is 0.232 e. The molecule has 1 aromatic carbocycles. The van der Waals surface area contributed by atoms with Crippen LogP contribution in [0.4, 0.5) is 0 Å². The number of thioether (sulfide) groups is 1. The van der Waals surface area contributed by atoms with E-state index in [-0.39, 0.29) is 5.91 Å². The monoisotopic (exact) mass is 342 g/mol. The van der Waals surface area contributed by atoms with Gasteiger partial charge in [0.15, 0.2) is 5.16 Å². The molecule has 0 bridgehead atoms. The van der Waals surface area contributed by atoms with E-state index in [0.29, 0.717) is 24.6 Å². The third kappa shape index (κ3) is 4.62. The first kappa shape index (κ1) is 18.1. The number of carbonyl (C=O) groups is 1. The highest BCUT2D eigenvalue weighted by Crippen LogP contribution is 2.22. The Hall–Kier alpha value is -2.26. The number of imidazole rings is 1. The topological polar surface area (TPSA) is 61.9 Å². The third-order valence-electron chi connectivity index (χ3n) is 3.75. The summed E-state index contributed by atoms with van der Waals surface area (Å²) in [6.07, 6.45) is 3.99. The molecule has 0 radical (unpaired) electrons. The van der Waals surface area contributed by atoms with Gasteiger partial charge in [-0.1, -0.05) is 37.7 Å². The fourth-order valence-electron chi connectivity index (χ4n) is 2.19. The Morgan fingerprint density at radius 3 is 2.71 bits per heavy atom. The molecule has 0 saturated heterocycles. The van der Waals surface area contributed by atoms with Crippen LogP contribution in [0.15, 0.2) is 41.8 Å². The Kier molecular flexibility index (Phi) is 6.44. The average Bonchev–Trinajstić information content (AvgIpc) is 3.06. The standard InChI is InChI=1S/C18H22N4OS/c1-14(2)15-5-7-16(8-6-15)22-12-10-20-18(22)24-13-17(23)21(3)11-4-9-19/h5-8,10,12,14H,4,11,13H2,1-3H3. The van der Waals surface area contributed by atoms with E-state index in [0.717, 1.165) is 10.8 Å². The van der Waals surface area contributed by atoms with Gasteiger partial charge >= 0.3 is 0 Å². The molecule has 5 nitrogen and oxygen atoms in total. The van der Waals surface area contributed by atoms with E-state index in [1.807, 2.05) is 16.8 Å². The summed E-state index contributed by atoms with van der Waals surface area (Å²) in [4.78, 5) is 18.0. The van der Waals surface area contributed by atoms with Gasteiger partial charge in [-0.3, -0.25) is 9.36 Å². The van der Waals surface area contributed by atoms with Crippen molar-refractivity contribution in [1.82, 2.24) is 14.5 Å². The number of amides is 1. The number of hydrogen-bond acceptors (Lipinski definition) is 4. The van der Waals surface area contributed by atoms with Crippen LogP contribution < -0.4 is 0 Å². The van der Waals surface area contributed by atoms with Crippen molar-refractivity contribution >= 4 is 17.7 Å².